The summed E-state index contributed by atoms with van der Waals surface area (Å²) < 4.78 is 0. The van der Waals surface area contributed by atoms with Crippen molar-refractivity contribution in [3.63, 3.8) is 0 Å². The van der Waals surface area contributed by atoms with Gasteiger partial charge in [-0.25, -0.2) is 0 Å². The maximum absolute atomic E-state index is 6.05. The first-order chi connectivity index (χ1) is 5.33. The molecule has 0 bridgehead atoms. The lowest BCUT2D eigenvalue weighted by molar-refractivity contribution is 0.203. The van der Waals surface area contributed by atoms with Crippen molar-refractivity contribution in [3.8, 4) is 0 Å². The van der Waals surface area contributed by atoms with Gasteiger partial charge in [0.2, 0.25) is 0 Å². The number of nitrogens with two attached hydrogens (primary N) is 1. The minimum absolute atomic E-state index is 0.393. The fourth-order valence-electron chi connectivity index (χ4n) is 2.30. The summed E-state index contributed by atoms with van der Waals surface area (Å²) in [6.45, 7) is 4.45. The third kappa shape index (κ3) is 1.17. The number of hydrogen-bond acceptors (Lipinski definition) is 3. The van der Waals surface area contributed by atoms with Gasteiger partial charge in [-0.05, 0) is 25.9 Å². The van der Waals surface area contributed by atoms with E-state index in [0.717, 1.165) is 26.2 Å². The van der Waals surface area contributed by atoms with Crippen LogP contribution in [0.2, 0.25) is 0 Å². The van der Waals surface area contributed by atoms with Gasteiger partial charge in [0.15, 0.2) is 0 Å². The van der Waals surface area contributed by atoms with Gasteiger partial charge in [-0.2, -0.15) is 0 Å². The van der Waals surface area contributed by atoms with Crippen LogP contribution in [0.5, 0.6) is 0 Å². The van der Waals surface area contributed by atoms with E-state index in [-0.39, 0.29) is 0 Å². The molecule has 2 aliphatic heterocycles. The van der Waals surface area contributed by atoms with Gasteiger partial charge in [-0.3, -0.25) is 0 Å². The molecular formula is C8H17N3. The van der Waals surface area contributed by atoms with Gasteiger partial charge in [0.05, 0.1) is 0 Å². The Morgan fingerprint density at radius 3 is 2.45 bits per heavy atom. The topological polar surface area (TPSA) is 50.1 Å². The summed E-state index contributed by atoms with van der Waals surface area (Å²) >= 11 is 0. The van der Waals surface area contributed by atoms with Crippen LogP contribution < -0.4 is 16.4 Å². The van der Waals surface area contributed by atoms with E-state index in [2.05, 4.69) is 10.6 Å². The number of piperidine rings is 1. The number of hydrogen-bond donors (Lipinski definition) is 3. The van der Waals surface area contributed by atoms with Crippen LogP contribution in [-0.4, -0.2) is 32.2 Å². The number of rotatable bonds is 0. The molecule has 3 nitrogen and oxygen atoms in total. The summed E-state index contributed by atoms with van der Waals surface area (Å²) in [6.07, 6.45) is 2.50. The molecular weight excluding hydrogens is 138 g/mol. The quantitative estimate of drug-likeness (QED) is 0.433. The van der Waals surface area contributed by atoms with Gasteiger partial charge in [0, 0.05) is 24.5 Å². The van der Waals surface area contributed by atoms with Crippen molar-refractivity contribution in [2.75, 3.05) is 26.2 Å². The largest absolute Gasteiger partial charge is 0.326 e. The van der Waals surface area contributed by atoms with Crippen LogP contribution in [0.1, 0.15) is 12.8 Å². The lowest BCUT2D eigenvalue weighted by atomic mass is 9.75. The van der Waals surface area contributed by atoms with E-state index in [1.54, 1.807) is 0 Å². The van der Waals surface area contributed by atoms with E-state index < -0.39 is 0 Å². The van der Waals surface area contributed by atoms with E-state index in [4.69, 9.17) is 5.73 Å². The summed E-state index contributed by atoms with van der Waals surface area (Å²) in [5.41, 5.74) is 6.49. The van der Waals surface area contributed by atoms with Crippen LogP contribution in [0.4, 0.5) is 0 Å². The smallest absolute Gasteiger partial charge is 0.0235 e. The molecule has 2 rings (SSSR count). The standard InChI is InChI=1S/C8H17N3/c9-7-5-11-6-8(7)1-3-10-4-2-8/h7,10-11H,1-6,9H2/t7-/m1/s1. The molecule has 0 aromatic heterocycles. The molecule has 2 saturated heterocycles. The summed E-state index contributed by atoms with van der Waals surface area (Å²) in [7, 11) is 0. The van der Waals surface area contributed by atoms with E-state index in [9.17, 15) is 0 Å². The SMILES string of the molecule is N[C@@H]1CNCC12CCNCC2. The summed E-state index contributed by atoms with van der Waals surface area (Å²) in [4.78, 5) is 0. The normalized spacial score (nSPS) is 36.3. The summed E-state index contributed by atoms with van der Waals surface area (Å²) in [5.74, 6) is 0. The average Bonchev–Trinajstić information content (AvgIpc) is 2.36. The Morgan fingerprint density at radius 2 is 1.91 bits per heavy atom. The zero-order valence-electron chi connectivity index (χ0n) is 6.90. The zero-order valence-corrected chi connectivity index (χ0v) is 6.90. The van der Waals surface area contributed by atoms with E-state index in [1.165, 1.54) is 12.8 Å². The minimum atomic E-state index is 0.393. The highest BCUT2D eigenvalue weighted by atomic mass is 15.0. The second-order valence-corrected chi connectivity index (χ2v) is 3.85. The first-order valence-electron chi connectivity index (χ1n) is 4.51. The monoisotopic (exact) mass is 155 g/mol. The van der Waals surface area contributed by atoms with Gasteiger partial charge in [0.1, 0.15) is 0 Å². The number of nitrogens with one attached hydrogen (secondary N) is 2. The maximum atomic E-state index is 6.05. The molecule has 0 amide bonds. The van der Waals surface area contributed by atoms with Crippen molar-refractivity contribution in [2.45, 2.75) is 18.9 Å². The van der Waals surface area contributed by atoms with Crippen molar-refractivity contribution in [3.05, 3.63) is 0 Å². The third-order valence-corrected chi connectivity index (χ3v) is 3.23. The predicted octanol–water partition coefficient (Wildman–Crippen LogP) is -0.713. The van der Waals surface area contributed by atoms with E-state index >= 15 is 0 Å². The fourth-order valence-corrected chi connectivity index (χ4v) is 2.30. The first kappa shape index (κ1) is 7.53. The molecule has 2 heterocycles. The zero-order chi connectivity index (χ0) is 7.73. The molecule has 0 aromatic carbocycles. The molecule has 0 aliphatic carbocycles. The van der Waals surface area contributed by atoms with Crippen molar-refractivity contribution in [1.29, 1.82) is 0 Å². The van der Waals surface area contributed by atoms with Crippen molar-refractivity contribution in [2.24, 2.45) is 11.1 Å². The molecule has 2 aliphatic rings. The molecule has 2 fully saturated rings. The molecule has 64 valence electrons. The van der Waals surface area contributed by atoms with Crippen LogP contribution in [-0.2, 0) is 0 Å². The highest BCUT2D eigenvalue weighted by Gasteiger charge is 2.41. The molecule has 3 heteroatoms. The summed E-state index contributed by atoms with van der Waals surface area (Å²) in [6, 6.07) is 0.393. The Kier molecular flexibility index (Phi) is 1.87. The Morgan fingerprint density at radius 1 is 1.18 bits per heavy atom. The Hall–Kier alpha value is -0.120. The van der Waals surface area contributed by atoms with Crippen LogP contribution in [0.15, 0.2) is 0 Å². The van der Waals surface area contributed by atoms with Crippen molar-refractivity contribution >= 4 is 0 Å². The molecule has 0 unspecified atom stereocenters. The molecule has 0 saturated carbocycles. The van der Waals surface area contributed by atoms with Gasteiger partial charge in [0.25, 0.3) is 0 Å². The van der Waals surface area contributed by atoms with E-state index in [1.807, 2.05) is 0 Å². The molecule has 4 N–H and O–H groups in total. The molecule has 0 aromatic rings. The molecule has 1 atom stereocenters. The minimum Gasteiger partial charge on any atom is -0.326 e. The predicted molar refractivity (Wildman–Crippen MR) is 45.4 cm³/mol. The highest BCUT2D eigenvalue weighted by molar-refractivity contribution is 4.99. The molecule has 1 spiro atoms. The average molecular weight is 155 g/mol. The lowest BCUT2D eigenvalue weighted by Crippen LogP contribution is -2.47. The van der Waals surface area contributed by atoms with Gasteiger partial charge in [-0.15, -0.1) is 0 Å². The van der Waals surface area contributed by atoms with Crippen LogP contribution in [0.25, 0.3) is 0 Å². The Balaban J connectivity index is 2.06. The first-order valence-corrected chi connectivity index (χ1v) is 4.51. The highest BCUT2D eigenvalue weighted by Crippen LogP contribution is 2.33. The van der Waals surface area contributed by atoms with Crippen LogP contribution in [0.3, 0.4) is 0 Å². The summed E-state index contributed by atoms with van der Waals surface area (Å²) in [5, 5.41) is 6.75. The maximum Gasteiger partial charge on any atom is 0.0235 e. The second kappa shape index (κ2) is 2.73. The van der Waals surface area contributed by atoms with E-state index in [0.29, 0.717) is 11.5 Å². The molecule has 11 heavy (non-hydrogen) atoms. The van der Waals surface area contributed by atoms with Crippen molar-refractivity contribution < 1.29 is 0 Å². The Bertz CT molecular complexity index is 140. The fraction of sp³-hybridized carbons (Fsp3) is 1.00. The van der Waals surface area contributed by atoms with Crippen LogP contribution in [0, 0.1) is 5.41 Å². The van der Waals surface area contributed by atoms with Gasteiger partial charge < -0.3 is 16.4 Å². The second-order valence-electron chi connectivity index (χ2n) is 3.85. The third-order valence-electron chi connectivity index (χ3n) is 3.23. The van der Waals surface area contributed by atoms with Crippen molar-refractivity contribution in [1.82, 2.24) is 10.6 Å². The molecule has 0 radical (unpaired) electrons. The van der Waals surface area contributed by atoms with Crippen LogP contribution >= 0.6 is 0 Å². The lowest BCUT2D eigenvalue weighted by Gasteiger charge is -2.36. The van der Waals surface area contributed by atoms with Gasteiger partial charge >= 0.3 is 0 Å². The Labute approximate surface area is 67.7 Å². The van der Waals surface area contributed by atoms with Gasteiger partial charge in [-0.1, -0.05) is 0 Å².